The van der Waals surface area contributed by atoms with E-state index in [9.17, 15) is 0 Å². The number of rotatable bonds is 8. The van der Waals surface area contributed by atoms with Crippen LogP contribution in [0.25, 0.3) is 0 Å². The molecule has 2 aliphatic rings. The SMILES string of the molecule is Clc1cccc(OCCN(CC2CC2)CC2CCCN2)c1. The van der Waals surface area contributed by atoms with Gasteiger partial charge < -0.3 is 10.1 Å². The highest BCUT2D eigenvalue weighted by atomic mass is 35.5. The first-order valence-corrected chi connectivity index (χ1v) is 8.51. The summed E-state index contributed by atoms with van der Waals surface area (Å²) in [5.74, 6) is 1.80. The molecule has 0 bridgehead atoms. The number of hydrogen-bond acceptors (Lipinski definition) is 3. The average molecular weight is 309 g/mol. The first kappa shape index (κ1) is 15.1. The lowest BCUT2D eigenvalue weighted by Gasteiger charge is -2.25. The van der Waals surface area contributed by atoms with Gasteiger partial charge in [0.1, 0.15) is 12.4 Å². The van der Waals surface area contributed by atoms with Gasteiger partial charge >= 0.3 is 0 Å². The van der Waals surface area contributed by atoms with Crippen molar-refractivity contribution in [3.05, 3.63) is 29.3 Å². The number of halogens is 1. The van der Waals surface area contributed by atoms with E-state index in [1.807, 2.05) is 24.3 Å². The van der Waals surface area contributed by atoms with Gasteiger partial charge in [0.05, 0.1) is 0 Å². The molecule has 0 spiro atoms. The summed E-state index contributed by atoms with van der Waals surface area (Å²) in [6.45, 7) is 5.31. The second-order valence-corrected chi connectivity index (χ2v) is 6.74. The molecular weight excluding hydrogens is 284 g/mol. The fourth-order valence-corrected chi connectivity index (χ4v) is 3.18. The van der Waals surface area contributed by atoms with Crippen LogP contribution in [0.3, 0.4) is 0 Å². The lowest BCUT2D eigenvalue weighted by atomic mass is 10.2. The van der Waals surface area contributed by atoms with Crippen LogP contribution in [-0.2, 0) is 0 Å². The van der Waals surface area contributed by atoms with E-state index in [1.165, 1.54) is 38.8 Å². The maximum absolute atomic E-state index is 5.98. The van der Waals surface area contributed by atoms with Crippen molar-refractivity contribution in [1.29, 1.82) is 0 Å². The van der Waals surface area contributed by atoms with Crippen molar-refractivity contribution in [3.8, 4) is 5.75 Å². The van der Waals surface area contributed by atoms with Crippen molar-refractivity contribution in [2.75, 3.05) is 32.8 Å². The molecule has 1 aromatic carbocycles. The van der Waals surface area contributed by atoms with Crippen molar-refractivity contribution in [3.63, 3.8) is 0 Å². The minimum atomic E-state index is 0.676. The first-order valence-electron chi connectivity index (χ1n) is 8.14. The van der Waals surface area contributed by atoms with Crippen molar-refractivity contribution in [2.24, 2.45) is 5.92 Å². The van der Waals surface area contributed by atoms with Crippen LogP contribution in [0, 0.1) is 5.92 Å². The largest absolute Gasteiger partial charge is 0.492 e. The Bertz CT molecular complexity index is 444. The van der Waals surface area contributed by atoms with E-state index < -0.39 is 0 Å². The number of ether oxygens (including phenoxy) is 1. The molecule has 3 nitrogen and oxygen atoms in total. The van der Waals surface area contributed by atoms with Gasteiger partial charge in [-0.3, -0.25) is 4.90 Å². The topological polar surface area (TPSA) is 24.5 Å². The van der Waals surface area contributed by atoms with Gasteiger partial charge in [0.25, 0.3) is 0 Å². The molecule has 0 radical (unpaired) electrons. The van der Waals surface area contributed by atoms with E-state index in [0.717, 1.165) is 36.4 Å². The molecule has 1 saturated carbocycles. The first-order chi connectivity index (χ1) is 10.3. The summed E-state index contributed by atoms with van der Waals surface area (Å²) < 4.78 is 5.84. The molecule has 1 N–H and O–H groups in total. The van der Waals surface area contributed by atoms with E-state index in [2.05, 4.69) is 10.2 Å². The lowest BCUT2D eigenvalue weighted by molar-refractivity contribution is 0.190. The Labute approximate surface area is 132 Å². The van der Waals surface area contributed by atoms with Gasteiger partial charge in [-0.05, 0) is 56.3 Å². The molecule has 4 heteroatoms. The molecule has 1 aromatic rings. The summed E-state index contributed by atoms with van der Waals surface area (Å²) in [7, 11) is 0. The summed E-state index contributed by atoms with van der Waals surface area (Å²) in [5.41, 5.74) is 0. The van der Waals surface area contributed by atoms with Gasteiger partial charge in [0.15, 0.2) is 0 Å². The van der Waals surface area contributed by atoms with Crippen molar-refractivity contribution in [1.82, 2.24) is 10.2 Å². The Balaban J connectivity index is 1.44. The molecule has 116 valence electrons. The summed E-state index contributed by atoms with van der Waals surface area (Å²) in [5, 5.41) is 4.33. The maximum atomic E-state index is 5.98. The van der Waals surface area contributed by atoms with Gasteiger partial charge in [0, 0.05) is 30.7 Å². The van der Waals surface area contributed by atoms with E-state index in [-0.39, 0.29) is 0 Å². The third kappa shape index (κ3) is 5.17. The van der Waals surface area contributed by atoms with Crippen LogP contribution in [0.2, 0.25) is 5.02 Å². The molecular formula is C17H25ClN2O. The zero-order valence-electron chi connectivity index (χ0n) is 12.6. The predicted molar refractivity (Wildman–Crippen MR) is 87.1 cm³/mol. The van der Waals surface area contributed by atoms with Gasteiger partial charge in [-0.15, -0.1) is 0 Å². The summed E-state index contributed by atoms with van der Waals surface area (Å²) in [6, 6.07) is 8.33. The van der Waals surface area contributed by atoms with E-state index in [4.69, 9.17) is 16.3 Å². The molecule has 21 heavy (non-hydrogen) atoms. The summed E-state index contributed by atoms with van der Waals surface area (Å²) >= 11 is 5.98. The standard InChI is InChI=1S/C17H25ClN2O/c18-15-3-1-5-17(11-15)21-10-9-20(12-14-6-7-14)13-16-4-2-8-19-16/h1,3,5,11,14,16,19H,2,4,6-10,12-13H2. The Morgan fingerprint density at radius 3 is 2.86 bits per heavy atom. The number of nitrogens with zero attached hydrogens (tertiary/aromatic N) is 1. The number of benzene rings is 1. The second kappa shape index (κ2) is 7.48. The molecule has 0 aromatic heterocycles. The van der Waals surface area contributed by atoms with Crippen molar-refractivity contribution < 1.29 is 4.74 Å². The monoisotopic (exact) mass is 308 g/mol. The lowest BCUT2D eigenvalue weighted by Crippen LogP contribution is -2.40. The van der Waals surface area contributed by atoms with Crippen LogP contribution < -0.4 is 10.1 Å². The van der Waals surface area contributed by atoms with Crippen LogP contribution in [0.5, 0.6) is 5.75 Å². The summed E-state index contributed by atoms with van der Waals surface area (Å²) in [4.78, 5) is 2.57. The minimum Gasteiger partial charge on any atom is -0.492 e. The van der Waals surface area contributed by atoms with E-state index in [1.54, 1.807) is 0 Å². The number of nitrogens with one attached hydrogen (secondary N) is 1. The highest BCUT2D eigenvalue weighted by Gasteiger charge is 2.26. The van der Waals surface area contributed by atoms with Crippen LogP contribution in [-0.4, -0.2) is 43.7 Å². The zero-order valence-corrected chi connectivity index (χ0v) is 13.3. The molecule has 3 rings (SSSR count). The average Bonchev–Trinajstić information content (AvgIpc) is 3.12. The van der Waals surface area contributed by atoms with Crippen molar-refractivity contribution >= 4 is 11.6 Å². The van der Waals surface area contributed by atoms with Gasteiger partial charge in [0.2, 0.25) is 0 Å². The van der Waals surface area contributed by atoms with Crippen LogP contribution >= 0.6 is 11.6 Å². The smallest absolute Gasteiger partial charge is 0.120 e. The minimum absolute atomic E-state index is 0.676. The van der Waals surface area contributed by atoms with Crippen molar-refractivity contribution in [2.45, 2.75) is 31.7 Å². The third-order valence-electron chi connectivity index (χ3n) is 4.33. The van der Waals surface area contributed by atoms with Crippen LogP contribution in [0.15, 0.2) is 24.3 Å². The van der Waals surface area contributed by atoms with E-state index in [0.29, 0.717) is 6.04 Å². The molecule has 2 fully saturated rings. The van der Waals surface area contributed by atoms with Gasteiger partial charge in [-0.1, -0.05) is 17.7 Å². The Morgan fingerprint density at radius 1 is 1.24 bits per heavy atom. The predicted octanol–water partition coefficient (Wildman–Crippen LogP) is 3.18. The fourth-order valence-electron chi connectivity index (χ4n) is 3.00. The molecule has 1 aliphatic heterocycles. The highest BCUT2D eigenvalue weighted by molar-refractivity contribution is 6.30. The second-order valence-electron chi connectivity index (χ2n) is 6.30. The molecule has 1 saturated heterocycles. The Morgan fingerprint density at radius 2 is 2.14 bits per heavy atom. The quantitative estimate of drug-likeness (QED) is 0.798. The number of hydrogen-bond donors (Lipinski definition) is 1. The molecule has 1 aliphatic carbocycles. The molecule has 1 heterocycles. The summed E-state index contributed by atoms with van der Waals surface area (Å²) in [6.07, 6.45) is 5.45. The van der Waals surface area contributed by atoms with Gasteiger partial charge in [-0.2, -0.15) is 0 Å². The van der Waals surface area contributed by atoms with E-state index >= 15 is 0 Å². The molecule has 0 amide bonds. The Kier molecular flexibility index (Phi) is 5.39. The third-order valence-corrected chi connectivity index (χ3v) is 4.56. The highest BCUT2D eigenvalue weighted by Crippen LogP contribution is 2.30. The maximum Gasteiger partial charge on any atom is 0.120 e. The van der Waals surface area contributed by atoms with Crippen LogP contribution in [0.1, 0.15) is 25.7 Å². The van der Waals surface area contributed by atoms with Gasteiger partial charge in [-0.25, -0.2) is 0 Å². The Hall–Kier alpha value is -0.770. The normalized spacial score (nSPS) is 21.9. The molecule has 1 atom stereocenters. The van der Waals surface area contributed by atoms with Crippen LogP contribution in [0.4, 0.5) is 0 Å². The zero-order chi connectivity index (χ0) is 14.5. The molecule has 1 unspecified atom stereocenters. The fraction of sp³-hybridized carbons (Fsp3) is 0.647.